The molecule has 1 fully saturated rings. The quantitative estimate of drug-likeness (QED) is 0.179. The summed E-state index contributed by atoms with van der Waals surface area (Å²) in [6, 6.07) is 25.6. The van der Waals surface area contributed by atoms with Crippen molar-refractivity contribution >= 4 is 39.8 Å². The van der Waals surface area contributed by atoms with E-state index in [1.54, 1.807) is 24.3 Å². The van der Waals surface area contributed by atoms with Gasteiger partial charge in [-0.2, -0.15) is 5.10 Å². The fourth-order valence-electron chi connectivity index (χ4n) is 5.76. The standard InChI is InChI=1S/C32H26N4O6/c37-30(20-42-28-15-14-22-7-1-2-8-23(22)19-28)34-32(25-10-4-12-27(18-25)36(40)41)29-13-5-9-24(31(29)33-34)16-21-6-3-11-26(17-21)35(38)39/h1-4,6-8,10-12,14-19,29,32H,5,9,13,20H2/b24-16+/t29-,32-/m0/s1. The fraction of sp³-hybridized carbons (Fsp3) is 0.188. The van der Waals surface area contributed by atoms with Gasteiger partial charge in [-0.25, -0.2) is 5.01 Å². The monoisotopic (exact) mass is 562 g/mol. The summed E-state index contributed by atoms with van der Waals surface area (Å²) in [4.78, 5) is 35.7. The number of nitro groups is 2. The first-order chi connectivity index (χ1) is 20.4. The molecule has 10 nitrogen and oxygen atoms in total. The van der Waals surface area contributed by atoms with Gasteiger partial charge in [-0.1, -0.05) is 54.6 Å². The van der Waals surface area contributed by atoms with Crippen LogP contribution in [0, 0.1) is 26.1 Å². The minimum atomic E-state index is -0.554. The lowest BCUT2D eigenvalue weighted by Crippen LogP contribution is -2.34. The summed E-state index contributed by atoms with van der Waals surface area (Å²) in [7, 11) is 0. The zero-order valence-corrected chi connectivity index (χ0v) is 22.5. The second-order valence-electron chi connectivity index (χ2n) is 10.3. The Balaban J connectivity index is 1.34. The molecular weight excluding hydrogens is 536 g/mol. The number of fused-ring (bicyclic) bond motifs is 2. The van der Waals surface area contributed by atoms with Gasteiger partial charge in [0.05, 0.1) is 21.6 Å². The summed E-state index contributed by atoms with van der Waals surface area (Å²) in [6.07, 6.45) is 4.11. The molecule has 0 unspecified atom stereocenters. The van der Waals surface area contributed by atoms with Crippen molar-refractivity contribution in [1.82, 2.24) is 5.01 Å². The molecule has 0 spiro atoms. The van der Waals surface area contributed by atoms with Gasteiger partial charge in [0.1, 0.15) is 5.75 Å². The van der Waals surface area contributed by atoms with Crippen LogP contribution in [0.2, 0.25) is 0 Å². The molecule has 1 aliphatic carbocycles. The number of benzene rings is 4. The van der Waals surface area contributed by atoms with Crippen molar-refractivity contribution < 1.29 is 19.4 Å². The molecule has 4 aromatic carbocycles. The fourth-order valence-corrected chi connectivity index (χ4v) is 5.76. The highest BCUT2D eigenvalue weighted by atomic mass is 16.6. The van der Waals surface area contributed by atoms with Crippen LogP contribution in [0.25, 0.3) is 16.8 Å². The van der Waals surface area contributed by atoms with Gasteiger partial charge in [-0.15, -0.1) is 0 Å². The molecule has 1 heterocycles. The summed E-state index contributed by atoms with van der Waals surface area (Å²) in [5.74, 6) is -0.0314. The van der Waals surface area contributed by atoms with Crippen molar-refractivity contribution in [3.8, 4) is 5.75 Å². The second-order valence-corrected chi connectivity index (χ2v) is 10.3. The normalized spacial score (nSPS) is 18.9. The molecule has 6 rings (SSSR count). The lowest BCUT2D eigenvalue weighted by Gasteiger charge is -2.29. The van der Waals surface area contributed by atoms with E-state index >= 15 is 0 Å². The highest BCUT2D eigenvalue weighted by molar-refractivity contribution is 6.08. The van der Waals surface area contributed by atoms with Crippen molar-refractivity contribution in [2.75, 3.05) is 6.61 Å². The maximum Gasteiger partial charge on any atom is 0.281 e. The van der Waals surface area contributed by atoms with Crippen LogP contribution in [0.3, 0.4) is 0 Å². The van der Waals surface area contributed by atoms with Crippen molar-refractivity contribution in [2.24, 2.45) is 11.0 Å². The Hall–Kier alpha value is -5.38. The summed E-state index contributed by atoms with van der Waals surface area (Å²) in [5.41, 5.74) is 2.80. The Kier molecular flexibility index (Phi) is 7.18. The van der Waals surface area contributed by atoms with Crippen LogP contribution in [0.5, 0.6) is 5.75 Å². The Labute approximate surface area is 240 Å². The van der Waals surface area contributed by atoms with Crippen LogP contribution in [0.4, 0.5) is 11.4 Å². The van der Waals surface area contributed by atoms with Gasteiger partial charge < -0.3 is 4.74 Å². The first-order valence-electron chi connectivity index (χ1n) is 13.6. The lowest BCUT2D eigenvalue weighted by molar-refractivity contribution is -0.385. The van der Waals surface area contributed by atoms with Crippen molar-refractivity contribution in [1.29, 1.82) is 0 Å². The van der Waals surface area contributed by atoms with E-state index in [1.165, 1.54) is 29.3 Å². The molecule has 0 bridgehead atoms. The van der Waals surface area contributed by atoms with E-state index in [9.17, 15) is 25.0 Å². The van der Waals surface area contributed by atoms with E-state index in [-0.39, 0.29) is 29.8 Å². The van der Waals surface area contributed by atoms with Crippen molar-refractivity contribution in [3.05, 3.63) is 128 Å². The third-order valence-corrected chi connectivity index (χ3v) is 7.68. The van der Waals surface area contributed by atoms with E-state index in [4.69, 9.17) is 9.84 Å². The maximum atomic E-state index is 13.7. The minimum Gasteiger partial charge on any atom is -0.484 e. The Morgan fingerprint density at radius 3 is 2.43 bits per heavy atom. The number of hydrazone groups is 1. The predicted octanol–water partition coefficient (Wildman–Crippen LogP) is 6.86. The molecule has 210 valence electrons. The third-order valence-electron chi connectivity index (χ3n) is 7.68. The number of carbonyl (C=O) groups is 1. The Bertz CT molecular complexity index is 1780. The van der Waals surface area contributed by atoms with Crippen LogP contribution in [0.1, 0.15) is 36.4 Å². The zero-order chi connectivity index (χ0) is 29.2. The van der Waals surface area contributed by atoms with Gasteiger partial charge in [0.25, 0.3) is 17.3 Å². The predicted molar refractivity (Wildman–Crippen MR) is 158 cm³/mol. The van der Waals surface area contributed by atoms with E-state index in [1.807, 2.05) is 48.5 Å². The summed E-state index contributed by atoms with van der Waals surface area (Å²) < 4.78 is 5.90. The SMILES string of the molecule is O=C(COc1ccc2ccccc2c1)N1N=C2/C(=C/c3cccc([N+](=O)[O-])c3)CCC[C@@H]2[C@@H]1c1cccc([N+](=O)[O-])c1. The smallest absolute Gasteiger partial charge is 0.281 e. The number of hydrogen-bond donors (Lipinski definition) is 0. The van der Waals surface area contributed by atoms with Crippen LogP contribution in [0.15, 0.2) is 102 Å². The van der Waals surface area contributed by atoms with E-state index < -0.39 is 15.9 Å². The third kappa shape index (κ3) is 5.34. The molecule has 0 N–H and O–H groups in total. The van der Waals surface area contributed by atoms with Gasteiger partial charge >= 0.3 is 0 Å². The number of rotatable bonds is 7. The Morgan fingerprint density at radius 2 is 1.64 bits per heavy atom. The van der Waals surface area contributed by atoms with E-state index in [2.05, 4.69) is 0 Å². The van der Waals surface area contributed by atoms with Gasteiger partial charge in [-0.3, -0.25) is 25.0 Å². The van der Waals surface area contributed by atoms with Gasteiger partial charge in [-0.05, 0) is 64.9 Å². The van der Waals surface area contributed by atoms with Crippen LogP contribution in [-0.4, -0.2) is 33.1 Å². The van der Waals surface area contributed by atoms with Gasteiger partial charge in [0.15, 0.2) is 6.61 Å². The number of hydrogen-bond acceptors (Lipinski definition) is 7. The number of non-ortho nitro benzene ring substituents is 2. The van der Waals surface area contributed by atoms with Crippen LogP contribution < -0.4 is 4.74 Å². The Morgan fingerprint density at radius 1 is 0.905 bits per heavy atom. The van der Waals surface area contributed by atoms with E-state index in [0.717, 1.165) is 29.2 Å². The number of nitro benzene ring substituents is 2. The van der Waals surface area contributed by atoms with Crippen molar-refractivity contribution in [3.63, 3.8) is 0 Å². The summed E-state index contributed by atoms with van der Waals surface area (Å²) in [5, 5.41) is 31.1. The first-order valence-corrected chi connectivity index (χ1v) is 13.6. The number of amides is 1. The van der Waals surface area contributed by atoms with Crippen LogP contribution >= 0.6 is 0 Å². The molecule has 1 aliphatic heterocycles. The molecule has 2 atom stereocenters. The first kappa shape index (κ1) is 26.8. The number of nitrogens with zero attached hydrogens (tertiary/aromatic N) is 4. The maximum absolute atomic E-state index is 13.7. The molecule has 0 saturated heterocycles. The van der Waals surface area contributed by atoms with E-state index in [0.29, 0.717) is 29.0 Å². The largest absolute Gasteiger partial charge is 0.484 e. The summed E-state index contributed by atoms with van der Waals surface area (Å²) in [6.45, 7) is -0.267. The topological polar surface area (TPSA) is 128 Å². The van der Waals surface area contributed by atoms with Gasteiger partial charge in [0, 0.05) is 30.2 Å². The molecule has 0 radical (unpaired) electrons. The average molecular weight is 563 g/mol. The minimum absolute atomic E-state index is 0.0119. The van der Waals surface area contributed by atoms with Crippen LogP contribution in [-0.2, 0) is 4.79 Å². The molecule has 1 saturated carbocycles. The lowest BCUT2D eigenvalue weighted by atomic mass is 9.77. The number of ether oxygens (including phenoxy) is 1. The molecule has 42 heavy (non-hydrogen) atoms. The highest BCUT2D eigenvalue weighted by Crippen LogP contribution is 2.45. The summed E-state index contributed by atoms with van der Waals surface area (Å²) >= 11 is 0. The highest BCUT2D eigenvalue weighted by Gasteiger charge is 2.44. The molecular formula is C32H26N4O6. The zero-order valence-electron chi connectivity index (χ0n) is 22.5. The average Bonchev–Trinajstić information content (AvgIpc) is 3.41. The molecule has 10 heteroatoms. The number of allylic oxidation sites excluding steroid dienone is 1. The molecule has 0 aromatic heterocycles. The second kappa shape index (κ2) is 11.2. The molecule has 1 amide bonds. The van der Waals surface area contributed by atoms with Crippen molar-refractivity contribution in [2.45, 2.75) is 25.3 Å². The molecule has 2 aliphatic rings. The molecule has 4 aromatic rings. The van der Waals surface area contributed by atoms with Gasteiger partial charge in [0.2, 0.25) is 0 Å². The number of carbonyl (C=O) groups excluding carboxylic acids is 1.